The number of aromatic carboxylic acids is 1. The standard InChI is InChI=1S/C16H16FN3O3/c17-12-3-1-11(2-4-12)16(23)5-7-20(8-6-16)14-10-18-9-13(19-14)15(21)22/h1-4,9-10,23H,5-8H2,(H,21,22). The van der Waals surface area contributed by atoms with E-state index in [9.17, 15) is 14.3 Å². The van der Waals surface area contributed by atoms with E-state index in [0.717, 1.165) is 0 Å². The number of nitrogens with zero attached hydrogens (tertiary/aromatic N) is 3. The van der Waals surface area contributed by atoms with E-state index < -0.39 is 11.6 Å². The summed E-state index contributed by atoms with van der Waals surface area (Å²) < 4.78 is 13.0. The number of carbonyl (C=O) groups is 1. The Morgan fingerprint density at radius 1 is 1.17 bits per heavy atom. The number of anilines is 1. The number of hydrogen-bond acceptors (Lipinski definition) is 5. The lowest BCUT2D eigenvalue weighted by molar-refractivity contribution is 0.0115. The molecule has 1 aromatic carbocycles. The molecule has 0 radical (unpaired) electrons. The van der Waals surface area contributed by atoms with Gasteiger partial charge in [-0.1, -0.05) is 12.1 Å². The van der Waals surface area contributed by atoms with Gasteiger partial charge in [0.2, 0.25) is 0 Å². The van der Waals surface area contributed by atoms with Crippen LogP contribution in [0, 0.1) is 5.82 Å². The molecule has 1 aromatic heterocycles. The molecule has 2 N–H and O–H groups in total. The summed E-state index contributed by atoms with van der Waals surface area (Å²) in [6.07, 6.45) is 3.59. The van der Waals surface area contributed by atoms with Crippen LogP contribution in [0.1, 0.15) is 28.9 Å². The lowest BCUT2D eigenvalue weighted by Crippen LogP contribution is -2.43. The molecule has 0 unspecified atom stereocenters. The van der Waals surface area contributed by atoms with Gasteiger partial charge in [0.15, 0.2) is 5.69 Å². The van der Waals surface area contributed by atoms with Gasteiger partial charge in [0.1, 0.15) is 11.6 Å². The van der Waals surface area contributed by atoms with Crippen LogP contribution < -0.4 is 4.90 Å². The zero-order valence-electron chi connectivity index (χ0n) is 12.3. The van der Waals surface area contributed by atoms with Crippen molar-refractivity contribution in [3.8, 4) is 0 Å². The van der Waals surface area contributed by atoms with Crippen LogP contribution in [-0.4, -0.2) is 39.2 Å². The summed E-state index contributed by atoms with van der Waals surface area (Å²) in [7, 11) is 0. The SMILES string of the molecule is O=C(O)c1cncc(N2CCC(O)(c3ccc(F)cc3)CC2)n1. The quantitative estimate of drug-likeness (QED) is 0.898. The van der Waals surface area contributed by atoms with Crippen LogP contribution in [0.15, 0.2) is 36.7 Å². The largest absolute Gasteiger partial charge is 0.476 e. The Morgan fingerprint density at radius 2 is 1.83 bits per heavy atom. The highest BCUT2D eigenvalue weighted by Crippen LogP contribution is 2.34. The maximum Gasteiger partial charge on any atom is 0.356 e. The average Bonchev–Trinajstić information content (AvgIpc) is 2.56. The topological polar surface area (TPSA) is 86.5 Å². The lowest BCUT2D eigenvalue weighted by atomic mass is 9.84. The third-order valence-corrected chi connectivity index (χ3v) is 4.14. The predicted octanol–water partition coefficient (Wildman–Crippen LogP) is 1.80. The maximum absolute atomic E-state index is 13.0. The van der Waals surface area contributed by atoms with Crippen LogP contribution in [0.4, 0.5) is 10.2 Å². The highest BCUT2D eigenvalue weighted by atomic mass is 19.1. The Bertz CT molecular complexity index is 713. The van der Waals surface area contributed by atoms with E-state index in [4.69, 9.17) is 5.11 Å². The van der Waals surface area contributed by atoms with E-state index in [0.29, 0.717) is 37.3 Å². The van der Waals surface area contributed by atoms with Crippen molar-refractivity contribution in [1.82, 2.24) is 9.97 Å². The minimum absolute atomic E-state index is 0.109. The van der Waals surface area contributed by atoms with Crippen LogP contribution in [-0.2, 0) is 5.60 Å². The van der Waals surface area contributed by atoms with Crippen molar-refractivity contribution in [2.75, 3.05) is 18.0 Å². The molecule has 1 aliphatic rings. The van der Waals surface area contributed by atoms with Crippen LogP contribution >= 0.6 is 0 Å². The number of rotatable bonds is 3. The van der Waals surface area contributed by atoms with Gasteiger partial charge in [0.25, 0.3) is 0 Å². The molecule has 0 spiro atoms. The first-order valence-corrected chi connectivity index (χ1v) is 7.27. The molecule has 1 saturated heterocycles. The van der Waals surface area contributed by atoms with E-state index in [1.165, 1.54) is 24.5 Å². The number of aromatic nitrogens is 2. The smallest absolute Gasteiger partial charge is 0.356 e. The molecule has 23 heavy (non-hydrogen) atoms. The summed E-state index contributed by atoms with van der Waals surface area (Å²) in [5, 5.41) is 19.7. The molecular weight excluding hydrogens is 301 g/mol. The summed E-state index contributed by atoms with van der Waals surface area (Å²) in [5.74, 6) is -0.985. The summed E-state index contributed by atoms with van der Waals surface area (Å²) in [4.78, 5) is 20.8. The van der Waals surface area contributed by atoms with E-state index in [1.807, 2.05) is 4.90 Å². The molecule has 1 aliphatic heterocycles. The normalized spacial score (nSPS) is 17.0. The molecule has 2 heterocycles. The number of hydrogen-bond donors (Lipinski definition) is 2. The Hall–Kier alpha value is -2.54. The third kappa shape index (κ3) is 3.14. The number of halogens is 1. The second-order valence-electron chi connectivity index (χ2n) is 5.59. The van der Waals surface area contributed by atoms with Gasteiger partial charge in [0, 0.05) is 13.1 Å². The first kappa shape index (κ1) is 15.4. The van der Waals surface area contributed by atoms with Gasteiger partial charge < -0.3 is 15.1 Å². The molecule has 0 atom stereocenters. The van der Waals surface area contributed by atoms with Crippen molar-refractivity contribution in [2.45, 2.75) is 18.4 Å². The monoisotopic (exact) mass is 317 g/mol. The Morgan fingerprint density at radius 3 is 2.43 bits per heavy atom. The predicted molar refractivity (Wildman–Crippen MR) is 80.7 cm³/mol. The van der Waals surface area contributed by atoms with Gasteiger partial charge >= 0.3 is 5.97 Å². The zero-order chi connectivity index (χ0) is 16.4. The van der Waals surface area contributed by atoms with Gasteiger partial charge in [-0.3, -0.25) is 4.98 Å². The molecule has 3 rings (SSSR count). The van der Waals surface area contributed by atoms with Crippen molar-refractivity contribution in [3.63, 3.8) is 0 Å². The van der Waals surface area contributed by atoms with Crippen LogP contribution in [0.25, 0.3) is 0 Å². The van der Waals surface area contributed by atoms with E-state index in [-0.39, 0.29) is 11.5 Å². The van der Waals surface area contributed by atoms with Crippen molar-refractivity contribution >= 4 is 11.8 Å². The Balaban J connectivity index is 1.74. The summed E-state index contributed by atoms with van der Waals surface area (Å²) in [5.41, 5.74) is -0.437. The van der Waals surface area contributed by atoms with Gasteiger partial charge in [-0.15, -0.1) is 0 Å². The molecule has 120 valence electrons. The second kappa shape index (κ2) is 5.92. The molecule has 0 aliphatic carbocycles. The third-order valence-electron chi connectivity index (χ3n) is 4.14. The van der Waals surface area contributed by atoms with Crippen LogP contribution in [0.2, 0.25) is 0 Å². The van der Waals surface area contributed by atoms with Crippen molar-refractivity contribution < 1.29 is 19.4 Å². The van der Waals surface area contributed by atoms with Crippen molar-refractivity contribution in [2.24, 2.45) is 0 Å². The molecule has 2 aromatic rings. The fourth-order valence-corrected chi connectivity index (χ4v) is 2.77. The number of benzene rings is 1. The number of piperidine rings is 1. The molecule has 0 saturated carbocycles. The van der Waals surface area contributed by atoms with Gasteiger partial charge in [-0.2, -0.15) is 0 Å². The van der Waals surface area contributed by atoms with E-state index >= 15 is 0 Å². The van der Waals surface area contributed by atoms with Crippen LogP contribution in [0.3, 0.4) is 0 Å². The molecule has 0 amide bonds. The fraction of sp³-hybridized carbons (Fsp3) is 0.312. The fourth-order valence-electron chi connectivity index (χ4n) is 2.77. The van der Waals surface area contributed by atoms with Crippen LogP contribution in [0.5, 0.6) is 0 Å². The van der Waals surface area contributed by atoms with E-state index in [2.05, 4.69) is 9.97 Å². The molecule has 0 bridgehead atoms. The number of carboxylic acids is 1. The lowest BCUT2D eigenvalue weighted by Gasteiger charge is -2.39. The first-order valence-electron chi connectivity index (χ1n) is 7.27. The number of carboxylic acid groups (broad SMARTS) is 1. The molecule has 6 nitrogen and oxygen atoms in total. The Kier molecular flexibility index (Phi) is 3.96. The van der Waals surface area contributed by atoms with Crippen molar-refractivity contribution in [1.29, 1.82) is 0 Å². The van der Waals surface area contributed by atoms with Gasteiger partial charge in [-0.25, -0.2) is 14.2 Å². The molecular formula is C16H16FN3O3. The number of aliphatic hydroxyl groups is 1. The van der Waals surface area contributed by atoms with E-state index in [1.54, 1.807) is 12.1 Å². The van der Waals surface area contributed by atoms with Gasteiger partial charge in [0.05, 0.1) is 18.0 Å². The summed E-state index contributed by atoms with van der Waals surface area (Å²) in [6.45, 7) is 1.01. The van der Waals surface area contributed by atoms with Gasteiger partial charge in [-0.05, 0) is 30.5 Å². The summed E-state index contributed by atoms with van der Waals surface area (Å²) in [6, 6.07) is 5.86. The first-order chi connectivity index (χ1) is 11.0. The highest BCUT2D eigenvalue weighted by molar-refractivity contribution is 5.85. The highest BCUT2D eigenvalue weighted by Gasteiger charge is 2.34. The minimum Gasteiger partial charge on any atom is -0.476 e. The maximum atomic E-state index is 13.0. The second-order valence-corrected chi connectivity index (χ2v) is 5.59. The zero-order valence-corrected chi connectivity index (χ0v) is 12.3. The minimum atomic E-state index is -1.13. The summed E-state index contributed by atoms with van der Waals surface area (Å²) >= 11 is 0. The van der Waals surface area contributed by atoms with Crippen molar-refractivity contribution in [3.05, 3.63) is 53.7 Å². The average molecular weight is 317 g/mol. The molecule has 7 heteroatoms. The Labute approximate surface area is 132 Å². The molecule has 1 fully saturated rings.